The van der Waals surface area contributed by atoms with E-state index >= 15 is 0 Å². The van der Waals surface area contributed by atoms with Crippen molar-refractivity contribution in [3.63, 3.8) is 0 Å². The lowest BCUT2D eigenvalue weighted by atomic mass is 9.85. The number of ether oxygens (including phenoxy) is 1. The van der Waals surface area contributed by atoms with Crippen molar-refractivity contribution in [3.05, 3.63) is 66.2 Å². The van der Waals surface area contributed by atoms with E-state index in [0.29, 0.717) is 6.42 Å². The highest BCUT2D eigenvalue weighted by Crippen LogP contribution is 2.44. The topological polar surface area (TPSA) is 38.8 Å². The van der Waals surface area contributed by atoms with Gasteiger partial charge >= 0.3 is 5.97 Å². The molecule has 2 aromatic rings. The maximum absolute atomic E-state index is 12.8. The predicted molar refractivity (Wildman–Crippen MR) is 97.4 cm³/mol. The number of nitrogens with zero attached hydrogens (tertiary/aromatic N) is 1. The van der Waals surface area contributed by atoms with E-state index in [2.05, 4.69) is 22.6 Å². The standard InChI is InChI=1S/C18H18INO3/c1-22-17(21)18(14-8-4-2-5-9-14)12-16(13-19)23-20(18)15-10-6-3-7-11-15/h2-11,16H,12-13H2,1H3/t16-,18-/m0/s1. The van der Waals surface area contributed by atoms with Crippen LogP contribution in [0.1, 0.15) is 12.0 Å². The second kappa shape index (κ2) is 6.88. The van der Waals surface area contributed by atoms with Gasteiger partial charge in [0, 0.05) is 10.8 Å². The smallest absolute Gasteiger partial charge is 0.339 e. The van der Waals surface area contributed by atoms with Gasteiger partial charge in [-0.05, 0) is 17.7 Å². The monoisotopic (exact) mass is 423 g/mol. The number of rotatable bonds is 4. The average Bonchev–Trinajstić information content (AvgIpc) is 3.03. The molecule has 0 saturated carbocycles. The van der Waals surface area contributed by atoms with E-state index in [9.17, 15) is 4.79 Å². The van der Waals surface area contributed by atoms with E-state index in [-0.39, 0.29) is 12.1 Å². The van der Waals surface area contributed by atoms with Crippen molar-refractivity contribution in [1.29, 1.82) is 0 Å². The molecule has 1 saturated heterocycles. The zero-order valence-electron chi connectivity index (χ0n) is 12.8. The zero-order valence-corrected chi connectivity index (χ0v) is 15.0. The number of anilines is 1. The van der Waals surface area contributed by atoms with E-state index in [4.69, 9.17) is 9.57 Å². The fourth-order valence-corrected chi connectivity index (χ4v) is 3.49. The van der Waals surface area contributed by atoms with Crippen LogP contribution in [0.25, 0.3) is 0 Å². The number of carbonyl (C=O) groups is 1. The minimum Gasteiger partial charge on any atom is -0.467 e. The van der Waals surface area contributed by atoms with Crippen LogP contribution in [0.15, 0.2) is 60.7 Å². The maximum atomic E-state index is 12.8. The minimum absolute atomic E-state index is 0.0462. The number of alkyl halides is 1. The normalized spacial score (nSPS) is 23.7. The molecule has 23 heavy (non-hydrogen) atoms. The Kier molecular flexibility index (Phi) is 4.87. The Morgan fingerprint density at radius 1 is 1.22 bits per heavy atom. The highest BCUT2D eigenvalue weighted by molar-refractivity contribution is 14.1. The van der Waals surface area contributed by atoms with Crippen molar-refractivity contribution in [2.45, 2.75) is 18.1 Å². The third-order valence-electron chi connectivity index (χ3n) is 4.06. The van der Waals surface area contributed by atoms with Gasteiger partial charge in [-0.25, -0.2) is 9.86 Å². The van der Waals surface area contributed by atoms with Gasteiger partial charge < -0.3 is 4.74 Å². The lowest BCUT2D eigenvalue weighted by molar-refractivity contribution is -0.148. The van der Waals surface area contributed by atoms with Gasteiger partial charge in [-0.2, -0.15) is 0 Å². The quantitative estimate of drug-likeness (QED) is 0.427. The predicted octanol–water partition coefficient (Wildman–Crippen LogP) is 3.70. The van der Waals surface area contributed by atoms with Gasteiger partial charge in [0.05, 0.1) is 18.9 Å². The number of hydrogen-bond acceptors (Lipinski definition) is 4. The van der Waals surface area contributed by atoms with Crippen LogP contribution in [0.2, 0.25) is 0 Å². The molecule has 1 fully saturated rings. The summed E-state index contributed by atoms with van der Waals surface area (Å²) in [4.78, 5) is 19.0. The second-order valence-corrected chi connectivity index (χ2v) is 6.31. The van der Waals surface area contributed by atoms with Crippen LogP contribution < -0.4 is 5.06 Å². The summed E-state index contributed by atoms with van der Waals surface area (Å²) < 4.78 is 5.97. The van der Waals surface area contributed by atoms with Gasteiger partial charge in [0.2, 0.25) is 0 Å². The first-order valence-electron chi connectivity index (χ1n) is 7.44. The van der Waals surface area contributed by atoms with Gasteiger partial charge in [0.15, 0.2) is 5.54 Å². The molecule has 0 N–H and O–H groups in total. The molecule has 2 atom stereocenters. The summed E-state index contributed by atoms with van der Waals surface area (Å²) in [7, 11) is 1.42. The molecule has 0 bridgehead atoms. The van der Waals surface area contributed by atoms with Crippen LogP contribution in [0, 0.1) is 0 Å². The first kappa shape index (κ1) is 16.3. The molecular weight excluding hydrogens is 405 g/mol. The second-order valence-electron chi connectivity index (χ2n) is 5.43. The van der Waals surface area contributed by atoms with E-state index < -0.39 is 5.54 Å². The molecule has 5 heteroatoms. The third kappa shape index (κ3) is 2.83. The first-order valence-corrected chi connectivity index (χ1v) is 8.97. The molecule has 2 aromatic carbocycles. The number of hydroxylamine groups is 1. The van der Waals surface area contributed by atoms with Gasteiger partial charge in [0.1, 0.15) is 0 Å². The van der Waals surface area contributed by atoms with Gasteiger partial charge in [0.25, 0.3) is 0 Å². The van der Waals surface area contributed by atoms with Crippen LogP contribution in [-0.4, -0.2) is 23.6 Å². The number of esters is 1. The van der Waals surface area contributed by atoms with Crippen LogP contribution in [-0.2, 0) is 19.9 Å². The Balaban J connectivity index is 2.16. The number of methoxy groups -OCH3 is 1. The SMILES string of the molecule is COC(=O)[C@@]1(c2ccccc2)C[C@@H](CI)ON1c1ccccc1. The molecule has 1 aliphatic rings. The molecule has 0 spiro atoms. The molecule has 1 aliphatic heterocycles. The van der Waals surface area contributed by atoms with Gasteiger partial charge in [-0.15, -0.1) is 0 Å². The summed E-state index contributed by atoms with van der Waals surface area (Å²) in [5, 5.41) is 1.72. The number of halogens is 1. The highest BCUT2D eigenvalue weighted by Gasteiger charge is 2.55. The number of hydrogen-bond donors (Lipinski definition) is 0. The van der Waals surface area contributed by atoms with Crippen LogP contribution >= 0.6 is 22.6 Å². The highest BCUT2D eigenvalue weighted by atomic mass is 127. The molecule has 120 valence electrons. The lowest BCUT2D eigenvalue weighted by Gasteiger charge is -2.35. The van der Waals surface area contributed by atoms with E-state index in [1.54, 1.807) is 5.06 Å². The fraction of sp³-hybridized carbons (Fsp3) is 0.278. The minimum atomic E-state index is -0.965. The molecular formula is C18H18INO3. The van der Waals surface area contributed by atoms with Crippen molar-refractivity contribution >= 4 is 34.2 Å². The average molecular weight is 423 g/mol. The molecule has 0 aromatic heterocycles. The number of benzene rings is 2. The largest absolute Gasteiger partial charge is 0.467 e. The summed E-state index contributed by atoms with van der Waals surface area (Å²) in [6.45, 7) is 0. The molecule has 0 aliphatic carbocycles. The lowest BCUT2D eigenvalue weighted by Crippen LogP contribution is -2.48. The van der Waals surface area contributed by atoms with E-state index in [1.165, 1.54) is 7.11 Å². The van der Waals surface area contributed by atoms with E-state index in [1.807, 2.05) is 60.7 Å². The van der Waals surface area contributed by atoms with Gasteiger partial charge in [-0.3, -0.25) is 4.84 Å². The van der Waals surface area contributed by atoms with Crippen molar-refractivity contribution in [1.82, 2.24) is 0 Å². The summed E-state index contributed by atoms with van der Waals surface area (Å²) in [5.41, 5.74) is 0.755. The Labute approximate surface area is 149 Å². The zero-order chi connectivity index (χ0) is 16.3. The molecule has 3 rings (SSSR count). The number of para-hydroxylation sites is 1. The first-order chi connectivity index (χ1) is 11.2. The Morgan fingerprint density at radius 2 is 1.83 bits per heavy atom. The Bertz CT molecular complexity index is 664. The molecule has 4 nitrogen and oxygen atoms in total. The molecule has 0 unspecified atom stereocenters. The summed E-state index contributed by atoms with van der Waals surface area (Å²) >= 11 is 2.29. The van der Waals surface area contributed by atoms with Crippen molar-refractivity contribution < 1.29 is 14.4 Å². The van der Waals surface area contributed by atoms with Crippen molar-refractivity contribution in [2.75, 3.05) is 16.6 Å². The van der Waals surface area contributed by atoms with Crippen LogP contribution in [0.5, 0.6) is 0 Å². The summed E-state index contributed by atoms with van der Waals surface area (Å²) in [6.07, 6.45) is 0.511. The Hall–Kier alpha value is -1.60. The fourth-order valence-electron chi connectivity index (χ4n) is 3.02. The summed E-state index contributed by atoms with van der Waals surface area (Å²) in [6, 6.07) is 19.4. The number of carbonyl (C=O) groups excluding carboxylic acids is 1. The van der Waals surface area contributed by atoms with Crippen LogP contribution in [0.4, 0.5) is 5.69 Å². The van der Waals surface area contributed by atoms with Gasteiger partial charge in [-0.1, -0.05) is 71.1 Å². The molecule has 0 amide bonds. The third-order valence-corrected chi connectivity index (χ3v) is 5.04. The van der Waals surface area contributed by atoms with E-state index in [0.717, 1.165) is 15.7 Å². The van der Waals surface area contributed by atoms with Crippen molar-refractivity contribution in [2.24, 2.45) is 0 Å². The Morgan fingerprint density at radius 3 is 2.39 bits per heavy atom. The van der Waals surface area contributed by atoms with Crippen LogP contribution in [0.3, 0.4) is 0 Å². The maximum Gasteiger partial charge on any atom is 0.339 e. The van der Waals surface area contributed by atoms with Crippen molar-refractivity contribution in [3.8, 4) is 0 Å². The molecule has 1 heterocycles. The molecule has 0 radical (unpaired) electrons. The summed E-state index contributed by atoms with van der Waals surface area (Å²) in [5.74, 6) is -0.306.